The molecular weight excluding hydrogens is 153 g/mol. The number of rotatable bonds is 3. The van der Waals surface area contributed by atoms with Crippen molar-refractivity contribution in [3.8, 4) is 0 Å². The molecule has 0 aliphatic carbocycles. The van der Waals surface area contributed by atoms with Gasteiger partial charge in [-0.15, -0.1) is 0 Å². The molecule has 0 rings (SSSR count). The van der Waals surface area contributed by atoms with Gasteiger partial charge in [-0.2, -0.15) is 0 Å². The molecule has 0 N–H and O–H groups in total. The Morgan fingerprint density at radius 3 is 2.33 bits per heavy atom. The van der Waals surface area contributed by atoms with Gasteiger partial charge in [-0.1, -0.05) is 0 Å². The number of hydrogen-bond acceptors (Lipinski definition) is 0. The molecule has 0 aromatic carbocycles. The molecule has 0 nitrogen and oxygen atoms in total. The first-order valence-corrected chi connectivity index (χ1v) is 5.56. The summed E-state index contributed by atoms with van der Waals surface area (Å²) < 4.78 is 0. The normalized spacial score (nSPS) is 9.42. The van der Waals surface area contributed by atoms with Crippen molar-refractivity contribution >= 4 is 70.0 Å². The molecule has 0 atom stereocenters. The fraction of sp³-hybridized carbons (Fsp3) is 1.00. The Kier molecular flexibility index (Phi) is 10.6. The van der Waals surface area contributed by atoms with Crippen molar-refractivity contribution < 1.29 is 0 Å². The molecule has 0 amide bonds. The molecule has 0 aromatic rings. The van der Waals surface area contributed by atoms with Crippen molar-refractivity contribution in [1.82, 2.24) is 0 Å². The van der Waals surface area contributed by atoms with Crippen LogP contribution in [0.25, 0.3) is 0 Å². The molecule has 0 heterocycles. The Balaban J connectivity index is 3.88. The van der Waals surface area contributed by atoms with Crippen LogP contribution in [0.5, 0.6) is 0 Å². The van der Waals surface area contributed by atoms with Gasteiger partial charge in [-0.25, -0.2) is 0 Å². The van der Waals surface area contributed by atoms with E-state index in [4.69, 9.17) is 6.53 Å². The topological polar surface area (TPSA) is 0 Å². The van der Waals surface area contributed by atoms with Crippen LogP contribution in [0.2, 0.25) is 0 Å². The van der Waals surface area contributed by atoms with Crippen LogP contribution in [0.1, 0.15) is 6.92 Å². The van der Waals surface area contributed by atoms with E-state index in [1.165, 1.54) is 0 Å². The van der Waals surface area contributed by atoms with Crippen LogP contribution < -0.4 is 0 Å². The molecule has 12 heavy (non-hydrogen) atoms. The van der Waals surface area contributed by atoms with Gasteiger partial charge in [0.05, 0.1) is 0 Å². The minimum absolute atomic E-state index is 0.0479. The van der Waals surface area contributed by atoms with Gasteiger partial charge in [0.25, 0.3) is 0 Å². The summed E-state index contributed by atoms with van der Waals surface area (Å²) in [5.41, 5.74) is 0. The molecule has 0 radical (unpaired) electrons. The van der Waals surface area contributed by atoms with E-state index in [0.717, 1.165) is 5.75 Å². The first-order valence-electron chi connectivity index (χ1n) is 4.04. The fourth-order valence-corrected chi connectivity index (χ4v) is 1.03. The second-order valence-corrected chi connectivity index (χ2v) is 3.98. The first-order chi connectivity index (χ1) is 5.81. The van der Waals surface area contributed by atoms with Crippen molar-refractivity contribution in [3.63, 3.8) is 0 Å². The predicted octanol–water partition coefficient (Wildman–Crippen LogP) is -2.76. The van der Waals surface area contributed by atoms with E-state index in [-0.39, 0.29) is 9.56 Å². The minimum atomic E-state index is -0.0479. The Hall–Kier alpha value is 0.804. The second kappa shape index (κ2) is 9.89. The van der Waals surface area contributed by atoms with E-state index in [9.17, 15) is 0 Å². The molecule has 10 heteroatoms. The Bertz CT molecular complexity index is 304. The van der Waals surface area contributed by atoms with Crippen molar-refractivity contribution in [3.05, 3.63) is 0 Å². The monoisotopic (exact) mass is 162 g/mol. The molecule has 0 aliphatic rings. The van der Waals surface area contributed by atoms with Crippen molar-refractivity contribution in [2.45, 2.75) is 6.92 Å². The van der Waals surface area contributed by atoms with E-state index in [1.54, 1.807) is 0 Å². The van der Waals surface area contributed by atoms with Crippen LogP contribution in [-0.4, -0.2) is 66.2 Å². The zero-order chi connectivity index (χ0) is 9.23. The van der Waals surface area contributed by atoms with Gasteiger partial charge in [0, 0.05) is 0 Å². The van der Waals surface area contributed by atoms with Gasteiger partial charge in [0.2, 0.25) is 0 Å². The maximum atomic E-state index is 5.70. The Morgan fingerprint density at radius 1 is 1.17 bits per heavy atom. The van der Waals surface area contributed by atoms with Crippen molar-refractivity contribution in [2.24, 2.45) is 0 Å². The van der Waals surface area contributed by atoms with Gasteiger partial charge >= 0.3 is 82.7 Å². The van der Waals surface area contributed by atoms with Gasteiger partial charge in [-0.05, 0) is 0 Å². The summed E-state index contributed by atoms with van der Waals surface area (Å²) in [4.78, 5) is 0. The van der Waals surface area contributed by atoms with E-state index in [0.29, 0.717) is 0 Å². The summed E-state index contributed by atoms with van der Waals surface area (Å²) in [6.45, 7) is 19.7. The van der Waals surface area contributed by atoms with E-state index in [2.05, 4.69) is 6.92 Å². The quantitative estimate of drug-likeness (QED) is 0.393. The van der Waals surface area contributed by atoms with Crippen LogP contribution in [0.3, 0.4) is 0 Å². The summed E-state index contributed by atoms with van der Waals surface area (Å²) in [6, 6.07) is 2.03. The van der Waals surface area contributed by atoms with Crippen LogP contribution >= 0.6 is 9.56 Å². The molecule has 0 unspecified atom stereocenters. The molecule has 0 spiro atoms. The summed E-state index contributed by atoms with van der Waals surface area (Å²) >= 11 is 0. The SMILES string of the molecule is B#S(=BB=BB=BB=BB)CC. The maximum absolute atomic E-state index is 5.70. The van der Waals surface area contributed by atoms with E-state index >= 15 is 0 Å². The van der Waals surface area contributed by atoms with Crippen LogP contribution in [0.4, 0.5) is 0 Å². The summed E-state index contributed by atoms with van der Waals surface area (Å²) in [5, 5.41) is 0. The average molecular weight is 160 g/mol. The first kappa shape index (κ1) is 12.8. The molecule has 0 saturated carbocycles. The third-order valence-electron chi connectivity index (χ3n) is 1.22. The van der Waals surface area contributed by atoms with Crippen molar-refractivity contribution in [1.29, 1.82) is 0 Å². The average Bonchev–Trinajstić information content (AvgIpc) is 2.10. The Morgan fingerprint density at radius 2 is 1.75 bits per heavy atom. The molecular formula is C2H7B9S. The zero-order valence-electron chi connectivity index (χ0n) is 7.73. The third-order valence-corrected chi connectivity index (χ3v) is 2.40. The summed E-state index contributed by atoms with van der Waals surface area (Å²) in [6.07, 6.45) is 0. The number of hydrogen-bond donors (Lipinski definition) is 0. The summed E-state index contributed by atoms with van der Waals surface area (Å²) in [7, 11) is 1.95. The standard InChI is InChI=1S/C2H7B9S/c1-2-12(4)11-10-9-8-7-6-5-3/h2-3H2,1H3. The molecule has 48 valence electrons. The van der Waals surface area contributed by atoms with Crippen LogP contribution in [0, 0.1) is 0 Å². The molecule has 0 aromatic heterocycles. The third kappa shape index (κ3) is 8.90. The fourth-order valence-electron chi connectivity index (χ4n) is 0.546. The van der Waals surface area contributed by atoms with Gasteiger partial charge < -0.3 is 0 Å². The van der Waals surface area contributed by atoms with Gasteiger partial charge in [0.1, 0.15) is 0 Å². The van der Waals surface area contributed by atoms with Gasteiger partial charge in [-0.3, -0.25) is 0 Å². The molecule has 0 aliphatic heterocycles. The van der Waals surface area contributed by atoms with E-state index < -0.39 is 0 Å². The zero-order valence-corrected chi connectivity index (χ0v) is 8.55. The van der Waals surface area contributed by atoms with Gasteiger partial charge in [0.15, 0.2) is 0 Å². The molecule has 0 fully saturated rings. The predicted molar refractivity (Wildman–Crippen MR) is 72.7 cm³/mol. The van der Waals surface area contributed by atoms with E-state index in [1.807, 2.05) is 53.9 Å². The van der Waals surface area contributed by atoms with Crippen LogP contribution in [-0.2, 0) is 0 Å². The second-order valence-electron chi connectivity index (χ2n) is 2.19. The molecule has 0 saturated heterocycles. The van der Waals surface area contributed by atoms with Crippen molar-refractivity contribution in [2.75, 3.05) is 5.75 Å². The Labute approximate surface area is 82.8 Å². The summed E-state index contributed by atoms with van der Waals surface area (Å²) in [5.74, 6) is 1.02. The van der Waals surface area contributed by atoms with Crippen LogP contribution in [0.15, 0.2) is 0 Å². The molecule has 0 bridgehead atoms.